The van der Waals surface area contributed by atoms with Crippen LogP contribution >= 0.6 is 0 Å². The number of carboxylic acid groups (broad SMARTS) is 1. The zero-order chi connectivity index (χ0) is 12.1. The van der Waals surface area contributed by atoms with Crippen molar-refractivity contribution in [2.24, 2.45) is 5.92 Å². The fourth-order valence-corrected chi connectivity index (χ4v) is 2.38. The average molecular weight is 228 g/mol. The first-order valence-corrected chi connectivity index (χ1v) is 6.18. The summed E-state index contributed by atoms with van der Waals surface area (Å²) in [4.78, 5) is 13.3. The van der Waals surface area contributed by atoms with E-state index in [0.717, 1.165) is 19.0 Å². The number of hydrogen-bond donors (Lipinski definition) is 2. The second-order valence-corrected chi connectivity index (χ2v) is 4.99. The lowest BCUT2D eigenvalue weighted by atomic mass is 9.94. The third kappa shape index (κ3) is 3.76. The number of nitrogens with one attached hydrogen (secondary N) is 1. The number of likely N-dealkylation sites (tertiary alicyclic amines) is 1. The van der Waals surface area contributed by atoms with Crippen LogP contribution < -0.4 is 5.32 Å². The molecule has 1 rings (SSSR count). The fraction of sp³-hybridized carbons (Fsp3) is 0.917. The molecule has 0 aromatic rings. The quantitative estimate of drug-likeness (QED) is 0.741. The molecule has 4 heteroatoms. The predicted molar refractivity (Wildman–Crippen MR) is 64.5 cm³/mol. The summed E-state index contributed by atoms with van der Waals surface area (Å²) in [7, 11) is 1.71. The van der Waals surface area contributed by atoms with Crippen LogP contribution in [0, 0.1) is 5.92 Å². The van der Waals surface area contributed by atoms with E-state index in [0.29, 0.717) is 12.5 Å². The van der Waals surface area contributed by atoms with Crippen molar-refractivity contribution in [3.8, 4) is 0 Å². The zero-order valence-electron chi connectivity index (χ0n) is 10.6. The average Bonchev–Trinajstić information content (AvgIpc) is 2.23. The number of rotatable bonds is 5. The lowest BCUT2D eigenvalue weighted by Gasteiger charge is -2.37. The van der Waals surface area contributed by atoms with E-state index in [-0.39, 0.29) is 0 Å². The van der Waals surface area contributed by atoms with Gasteiger partial charge in [-0.15, -0.1) is 0 Å². The molecular weight excluding hydrogens is 204 g/mol. The summed E-state index contributed by atoms with van der Waals surface area (Å²) in [5, 5.41) is 11.8. The topological polar surface area (TPSA) is 52.6 Å². The molecule has 1 aliphatic rings. The molecule has 3 atom stereocenters. The first-order chi connectivity index (χ1) is 7.54. The second kappa shape index (κ2) is 6.21. The molecule has 94 valence electrons. The van der Waals surface area contributed by atoms with Gasteiger partial charge in [0, 0.05) is 19.1 Å². The van der Waals surface area contributed by atoms with Crippen molar-refractivity contribution in [3.63, 3.8) is 0 Å². The Balaban J connectivity index is 2.37. The maximum absolute atomic E-state index is 10.9. The number of hydrogen-bond acceptors (Lipinski definition) is 3. The van der Waals surface area contributed by atoms with Gasteiger partial charge < -0.3 is 15.3 Å². The summed E-state index contributed by atoms with van der Waals surface area (Å²) in [5.41, 5.74) is 0. The van der Waals surface area contributed by atoms with E-state index in [1.54, 1.807) is 7.05 Å². The standard InChI is InChI=1S/C12H24N2O2/c1-9-4-5-10(2)14(8-9)7-6-11(13-3)12(15)16/h9-11,13H,4-8H2,1-3H3,(H,15,16). The first-order valence-electron chi connectivity index (χ1n) is 6.18. The van der Waals surface area contributed by atoms with Gasteiger partial charge in [-0.2, -0.15) is 0 Å². The Bertz CT molecular complexity index is 233. The molecule has 1 fully saturated rings. The van der Waals surface area contributed by atoms with Crippen LogP contribution in [0.25, 0.3) is 0 Å². The smallest absolute Gasteiger partial charge is 0.320 e. The molecule has 1 aliphatic heterocycles. The highest BCUT2D eigenvalue weighted by atomic mass is 16.4. The third-order valence-corrected chi connectivity index (χ3v) is 3.60. The van der Waals surface area contributed by atoms with E-state index in [9.17, 15) is 4.79 Å². The Morgan fingerprint density at radius 3 is 2.75 bits per heavy atom. The fourth-order valence-electron chi connectivity index (χ4n) is 2.38. The number of likely N-dealkylation sites (N-methyl/N-ethyl adjacent to an activating group) is 1. The van der Waals surface area contributed by atoms with Gasteiger partial charge in [0.25, 0.3) is 0 Å². The Morgan fingerprint density at radius 2 is 2.19 bits per heavy atom. The summed E-state index contributed by atoms with van der Waals surface area (Å²) in [6.07, 6.45) is 3.22. The minimum atomic E-state index is -0.750. The van der Waals surface area contributed by atoms with Gasteiger partial charge in [-0.3, -0.25) is 4.79 Å². The summed E-state index contributed by atoms with van der Waals surface area (Å²) >= 11 is 0. The molecule has 4 nitrogen and oxygen atoms in total. The highest BCUT2D eigenvalue weighted by molar-refractivity contribution is 5.73. The van der Waals surface area contributed by atoms with Crippen LogP contribution in [0.1, 0.15) is 33.1 Å². The van der Waals surface area contributed by atoms with Crippen molar-refractivity contribution in [3.05, 3.63) is 0 Å². The largest absolute Gasteiger partial charge is 0.480 e. The second-order valence-electron chi connectivity index (χ2n) is 4.99. The Hall–Kier alpha value is -0.610. The number of nitrogens with zero attached hydrogens (tertiary/aromatic N) is 1. The van der Waals surface area contributed by atoms with Gasteiger partial charge in [-0.05, 0) is 39.2 Å². The van der Waals surface area contributed by atoms with E-state index in [4.69, 9.17) is 5.11 Å². The Labute approximate surface area is 98.0 Å². The van der Waals surface area contributed by atoms with Crippen LogP contribution in [0.15, 0.2) is 0 Å². The van der Waals surface area contributed by atoms with Crippen LogP contribution in [0.4, 0.5) is 0 Å². The first kappa shape index (κ1) is 13.5. The molecule has 0 aromatic carbocycles. The lowest BCUT2D eigenvalue weighted by Crippen LogP contribution is -2.44. The molecule has 1 heterocycles. The van der Waals surface area contributed by atoms with E-state index in [1.165, 1.54) is 12.8 Å². The molecule has 3 unspecified atom stereocenters. The van der Waals surface area contributed by atoms with Gasteiger partial charge in [0.1, 0.15) is 6.04 Å². The highest BCUT2D eigenvalue weighted by Crippen LogP contribution is 2.21. The van der Waals surface area contributed by atoms with Crippen molar-refractivity contribution >= 4 is 5.97 Å². The monoisotopic (exact) mass is 228 g/mol. The van der Waals surface area contributed by atoms with Crippen LogP contribution in [-0.4, -0.2) is 48.2 Å². The predicted octanol–water partition coefficient (Wildman–Crippen LogP) is 1.17. The van der Waals surface area contributed by atoms with Gasteiger partial charge in [-0.25, -0.2) is 0 Å². The Morgan fingerprint density at radius 1 is 1.50 bits per heavy atom. The molecule has 2 N–H and O–H groups in total. The van der Waals surface area contributed by atoms with Gasteiger partial charge >= 0.3 is 5.97 Å². The summed E-state index contributed by atoms with van der Waals surface area (Å²) in [5.74, 6) is -0.00530. The molecule has 0 spiro atoms. The minimum absolute atomic E-state index is 0.413. The number of piperidine rings is 1. The molecule has 0 amide bonds. The zero-order valence-corrected chi connectivity index (χ0v) is 10.6. The highest BCUT2D eigenvalue weighted by Gasteiger charge is 2.24. The summed E-state index contributed by atoms with van der Waals surface area (Å²) < 4.78 is 0. The minimum Gasteiger partial charge on any atom is -0.480 e. The number of carbonyl (C=O) groups is 1. The molecule has 16 heavy (non-hydrogen) atoms. The summed E-state index contributed by atoms with van der Waals surface area (Å²) in [6, 6.07) is 0.187. The molecule has 0 saturated carbocycles. The molecule has 1 saturated heterocycles. The van der Waals surface area contributed by atoms with E-state index in [2.05, 4.69) is 24.1 Å². The SMILES string of the molecule is CNC(CCN1CC(C)CCC1C)C(=O)O. The van der Waals surface area contributed by atoms with Crippen molar-refractivity contribution in [2.75, 3.05) is 20.1 Å². The maximum Gasteiger partial charge on any atom is 0.320 e. The van der Waals surface area contributed by atoms with Gasteiger partial charge in [0.05, 0.1) is 0 Å². The molecule has 0 aliphatic carbocycles. The molecular formula is C12H24N2O2. The maximum atomic E-state index is 10.9. The van der Waals surface area contributed by atoms with Gasteiger partial charge in [-0.1, -0.05) is 6.92 Å². The van der Waals surface area contributed by atoms with Crippen LogP contribution in [0.2, 0.25) is 0 Å². The molecule has 0 aromatic heterocycles. The Kier molecular flexibility index (Phi) is 5.22. The van der Waals surface area contributed by atoms with Crippen molar-refractivity contribution in [2.45, 2.75) is 45.2 Å². The van der Waals surface area contributed by atoms with Gasteiger partial charge in [0.2, 0.25) is 0 Å². The van der Waals surface area contributed by atoms with E-state index >= 15 is 0 Å². The van der Waals surface area contributed by atoms with E-state index in [1.807, 2.05) is 0 Å². The number of carboxylic acids is 1. The molecule has 0 radical (unpaired) electrons. The van der Waals surface area contributed by atoms with Gasteiger partial charge in [0.15, 0.2) is 0 Å². The summed E-state index contributed by atoms with van der Waals surface area (Å²) in [6.45, 7) is 6.49. The van der Waals surface area contributed by atoms with Crippen molar-refractivity contribution in [1.82, 2.24) is 10.2 Å². The van der Waals surface area contributed by atoms with Crippen molar-refractivity contribution in [1.29, 1.82) is 0 Å². The number of aliphatic carboxylic acids is 1. The molecule has 0 bridgehead atoms. The van der Waals surface area contributed by atoms with Crippen LogP contribution in [0.5, 0.6) is 0 Å². The van der Waals surface area contributed by atoms with Crippen LogP contribution in [-0.2, 0) is 4.79 Å². The normalized spacial score (nSPS) is 28.9. The van der Waals surface area contributed by atoms with Crippen molar-refractivity contribution < 1.29 is 9.90 Å². The van der Waals surface area contributed by atoms with E-state index < -0.39 is 12.0 Å². The lowest BCUT2D eigenvalue weighted by molar-refractivity contribution is -0.139. The third-order valence-electron chi connectivity index (χ3n) is 3.60. The van der Waals surface area contributed by atoms with Crippen LogP contribution in [0.3, 0.4) is 0 Å².